The van der Waals surface area contributed by atoms with E-state index in [2.05, 4.69) is 28.3 Å². The second-order valence-corrected chi connectivity index (χ2v) is 7.61. The molecule has 2 aliphatic heterocycles. The minimum Gasteiger partial charge on any atom is -0.486 e. The molecular weight excluding hydrogens is 501 g/mol. The molecule has 0 aliphatic carbocycles. The molecule has 2 aliphatic rings. The summed E-state index contributed by atoms with van der Waals surface area (Å²) in [5.74, 6) is 2.16. The van der Waals surface area contributed by atoms with Crippen LogP contribution in [0, 0.1) is 6.07 Å². The maximum atomic E-state index is 12.8. The Hall–Kier alpha value is -1.01. The number of piperidine rings is 1. The molecule has 30 heavy (non-hydrogen) atoms. The van der Waals surface area contributed by atoms with Gasteiger partial charge in [-0.15, -0.1) is 12.1 Å². The SMILES string of the molecule is CN1CCC(NC(=O)c2ccc3c(c2)OCCO3)C[C@@H]1c1nc2c[c-]ccc2[nH]1.[Cs+]. The molecule has 150 valence electrons. The molecule has 0 bridgehead atoms. The number of aromatic nitrogens is 2. The summed E-state index contributed by atoms with van der Waals surface area (Å²) in [6, 6.07) is 14.4. The van der Waals surface area contributed by atoms with Crippen LogP contribution in [0.1, 0.15) is 35.1 Å². The van der Waals surface area contributed by atoms with Gasteiger partial charge in [0.1, 0.15) is 19.0 Å². The van der Waals surface area contributed by atoms with E-state index in [0.29, 0.717) is 30.3 Å². The molecule has 1 fully saturated rings. The van der Waals surface area contributed by atoms with Gasteiger partial charge in [-0.2, -0.15) is 12.1 Å². The Balaban J connectivity index is 0.00000218. The number of nitrogens with one attached hydrogen (secondary N) is 2. The Morgan fingerprint density at radius 1 is 1.27 bits per heavy atom. The van der Waals surface area contributed by atoms with Gasteiger partial charge in [-0.1, -0.05) is 0 Å². The summed E-state index contributed by atoms with van der Waals surface area (Å²) in [5, 5.41) is 3.19. The smallest absolute Gasteiger partial charge is 0.486 e. The Bertz CT molecular complexity index is 1020. The van der Waals surface area contributed by atoms with Crippen molar-refractivity contribution in [3.05, 3.63) is 53.9 Å². The molecule has 3 heterocycles. The molecular formula is C22H23CsN4O3. The Kier molecular flexibility index (Phi) is 7.13. The molecule has 2 aromatic carbocycles. The summed E-state index contributed by atoms with van der Waals surface area (Å²) in [4.78, 5) is 23.3. The third kappa shape index (κ3) is 4.60. The minimum atomic E-state index is -0.0884. The van der Waals surface area contributed by atoms with Crippen molar-refractivity contribution in [1.82, 2.24) is 20.2 Å². The molecule has 2 atom stereocenters. The van der Waals surface area contributed by atoms with E-state index >= 15 is 0 Å². The number of carbonyl (C=O) groups is 1. The molecule has 2 N–H and O–H groups in total. The first-order valence-electron chi connectivity index (χ1n) is 9.94. The zero-order valence-electron chi connectivity index (χ0n) is 17.3. The van der Waals surface area contributed by atoms with E-state index < -0.39 is 0 Å². The molecule has 5 rings (SSSR count). The molecule has 1 aromatic heterocycles. The normalized spacial score (nSPS) is 21.1. The van der Waals surface area contributed by atoms with Crippen molar-refractivity contribution in [3.63, 3.8) is 0 Å². The van der Waals surface area contributed by atoms with E-state index in [9.17, 15) is 4.79 Å². The van der Waals surface area contributed by atoms with Gasteiger partial charge in [-0.05, 0) is 49.1 Å². The van der Waals surface area contributed by atoms with Crippen molar-refractivity contribution in [2.45, 2.75) is 24.9 Å². The largest absolute Gasteiger partial charge is 1.00 e. The van der Waals surface area contributed by atoms with E-state index in [1.54, 1.807) is 18.2 Å². The van der Waals surface area contributed by atoms with Gasteiger partial charge in [-0.3, -0.25) is 14.7 Å². The molecule has 8 heteroatoms. The van der Waals surface area contributed by atoms with Crippen molar-refractivity contribution in [2.75, 3.05) is 26.8 Å². The third-order valence-corrected chi connectivity index (χ3v) is 5.67. The van der Waals surface area contributed by atoms with Crippen LogP contribution in [0.25, 0.3) is 11.0 Å². The van der Waals surface area contributed by atoms with Gasteiger partial charge < -0.3 is 19.8 Å². The maximum absolute atomic E-state index is 12.8. The minimum absolute atomic E-state index is 0. The average molecular weight is 524 g/mol. The maximum Gasteiger partial charge on any atom is 1.00 e. The van der Waals surface area contributed by atoms with Gasteiger partial charge in [0.15, 0.2) is 11.5 Å². The van der Waals surface area contributed by atoms with Crippen LogP contribution in [0.5, 0.6) is 11.5 Å². The first-order chi connectivity index (χ1) is 14.2. The van der Waals surface area contributed by atoms with Crippen molar-refractivity contribution in [2.24, 2.45) is 0 Å². The molecule has 0 radical (unpaired) electrons. The topological polar surface area (TPSA) is 79.5 Å². The van der Waals surface area contributed by atoms with Gasteiger partial charge >= 0.3 is 68.9 Å². The molecule has 1 unspecified atom stereocenters. The van der Waals surface area contributed by atoms with Crippen molar-refractivity contribution < 1.29 is 83.2 Å². The number of fused-ring (bicyclic) bond motifs is 2. The Morgan fingerprint density at radius 2 is 2.10 bits per heavy atom. The quantitative estimate of drug-likeness (QED) is 0.461. The monoisotopic (exact) mass is 524 g/mol. The molecule has 0 saturated carbocycles. The first-order valence-corrected chi connectivity index (χ1v) is 9.94. The zero-order valence-corrected chi connectivity index (χ0v) is 23.6. The number of carbonyl (C=O) groups excluding carboxylic acids is 1. The molecule has 0 spiro atoms. The number of nitrogens with zero attached hydrogens (tertiary/aromatic N) is 2. The third-order valence-electron chi connectivity index (χ3n) is 5.67. The summed E-state index contributed by atoms with van der Waals surface area (Å²) < 4.78 is 11.1. The predicted molar refractivity (Wildman–Crippen MR) is 108 cm³/mol. The number of ether oxygens (including phenoxy) is 2. The van der Waals surface area contributed by atoms with Crippen molar-refractivity contribution >= 4 is 16.9 Å². The number of hydrogen-bond donors (Lipinski definition) is 2. The first kappa shape index (κ1) is 22.2. The van der Waals surface area contributed by atoms with Gasteiger partial charge in [0, 0.05) is 18.2 Å². The van der Waals surface area contributed by atoms with Crippen LogP contribution in [0.15, 0.2) is 36.4 Å². The van der Waals surface area contributed by atoms with Crippen LogP contribution >= 0.6 is 0 Å². The fourth-order valence-corrected chi connectivity index (χ4v) is 4.06. The number of hydrogen-bond acceptors (Lipinski definition) is 5. The van der Waals surface area contributed by atoms with Crippen LogP contribution < -0.4 is 83.7 Å². The van der Waals surface area contributed by atoms with Crippen LogP contribution in [-0.4, -0.2) is 53.6 Å². The van der Waals surface area contributed by atoms with Crippen molar-refractivity contribution in [1.29, 1.82) is 0 Å². The second kappa shape index (κ2) is 9.64. The Labute approximate surface area is 234 Å². The summed E-state index contributed by atoms with van der Waals surface area (Å²) >= 11 is 0. The van der Waals surface area contributed by atoms with E-state index in [4.69, 9.17) is 14.5 Å². The molecule has 1 amide bonds. The van der Waals surface area contributed by atoms with E-state index in [-0.39, 0.29) is 86.9 Å². The van der Waals surface area contributed by atoms with E-state index in [1.165, 1.54) is 0 Å². The number of amides is 1. The number of H-pyrrole nitrogens is 1. The van der Waals surface area contributed by atoms with Gasteiger partial charge in [-0.25, -0.2) is 0 Å². The standard InChI is InChI=1S/C22H23N4O3.Cs/c1-26-9-8-15(13-18(26)21-24-16-4-2-3-5-17(16)25-21)23-22(27)14-6-7-19-20(12-14)29-11-10-28-19;/h2,4-7,12,15,18H,8-11,13H2,1H3,(H,23,27)(H,24,25);/q-1;+1/t15?,18-;/m1./s1. The van der Waals surface area contributed by atoms with Gasteiger partial charge in [0.05, 0.1) is 6.04 Å². The van der Waals surface area contributed by atoms with Crippen molar-refractivity contribution in [3.8, 4) is 11.5 Å². The van der Waals surface area contributed by atoms with Crippen LogP contribution in [0.3, 0.4) is 0 Å². The number of likely N-dealkylation sites (tertiary alicyclic amines) is 1. The summed E-state index contributed by atoms with van der Waals surface area (Å²) in [6.45, 7) is 1.93. The second-order valence-electron chi connectivity index (χ2n) is 7.61. The van der Waals surface area contributed by atoms with Crippen LogP contribution in [0.2, 0.25) is 0 Å². The number of rotatable bonds is 3. The number of benzene rings is 2. The number of aromatic amines is 1. The fourth-order valence-electron chi connectivity index (χ4n) is 4.06. The fraction of sp³-hybridized carbons (Fsp3) is 0.364. The van der Waals surface area contributed by atoms with Crippen LogP contribution in [0.4, 0.5) is 0 Å². The van der Waals surface area contributed by atoms with E-state index in [1.807, 2.05) is 18.2 Å². The summed E-state index contributed by atoms with van der Waals surface area (Å²) in [6.07, 6.45) is 1.70. The summed E-state index contributed by atoms with van der Waals surface area (Å²) in [5.41, 5.74) is 2.51. The molecule has 7 nitrogen and oxygen atoms in total. The summed E-state index contributed by atoms with van der Waals surface area (Å²) in [7, 11) is 2.10. The van der Waals surface area contributed by atoms with Crippen LogP contribution in [-0.2, 0) is 0 Å². The number of imidazole rings is 1. The Morgan fingerprint density at radius 3 is 2.93 bits per heavy atom. The molecule has 1 saturated heterocycles. The average Bonchev–Trinajstić information content (AvgIpc) is 3.18. The van der Waals surface area contributed by atoms with E-state index in [0.717, 1.165) is 36.2 Å². The zero-order chi connectivity index (χ0) is 19.8. The van der Waals surface area contributed by atoms with Gasteiger partial charge in [0.2, 0.25) is 0 Å². The predicted octanol–water partition coefficient (Wildman–Crippen LogP) is -0.296. The van der Waals surface area contributed by atoms with Gasteiger partial charge in [0.25, 0.3) is 5.91 Å². The molecule has 3 aromatic rings.